The first-order valence-corrected chi connectivity index (χ1v) is 17.3. The Labute approximate surface area is 235 Å². The van der Waals surface area contributed by atoms with Crippen molar-refractivity contribution in [2.75, 3.05) is 6.61 Å². The van der Waals surface area contributed by atoms with Crippen molar-refractivity contribution >= 4 is 5.78 Å². The number of ketones is 1. The van der Waals surface area contributed by atoms with Crippen molar-refractivity contribution in [3.63, 3.8) is 0 Å². The summed E-state index contributed by atoms with van der Waals surface area (Å²) in [6.07, 6.45) is 40.8. The number of unbranched alkanes of at least 4 members (excludes halogenated alkanes) is 27. The van der Waals surface area contributed by atoms with Crippen LogP contribution in [0.15, 0.2) is 0 Å². The molecule has 0 aliphatic heterocycles. The zero-order chi connectivity index (χ0) is 27.5. The minimum absolute atomic E-state index is 0.347. The second-order valence-electron chi connectivity index (χ2n) is 11.7. The van der Waals surface area contributed by atoms with Gasteiger partial charge in [-0.05, 0) is 19.8 Å². The molecule has 0 unspecified atom stereocenters. The molecular formula is C35H72O2. The standard InChI is InChI=1S/C19H38O.C16H34O/c1-3-4-5-6-7-8-9-10-11-12-13-14-15-16-17-18-19(2)20;1-2-3-4-5-6-7-8-9-10-11-12-13-14-15-16-17/h3-18H2,1-2H3;17H,2-16H2,1H3. The first kappa shape index (κ1) is 38.8. The third-order valence-electron chi connectivity index (χ3n) is 7.64. The lowest BCUT2D eigenvalue weighted by atomic mass is 10.0. The van der Waals surface area contributed by atoms with Gasteiger partial charge in [-0.1, -0.05) is 187 Å². The van der Waals surface area contributed by atoms with E-state index in [2.05, 4.69) is 13.8 Å². The van der Waals surface area contributed by atoms with Gasteiger partial charge in [0.1, 0.15) is 5.78 Å². The average molecular weight is 525 g/mol. The van der Waals surface area contributed by atoms with Crippen LogP contribution in [-0.2, 0) is 4.79 Å². The van der Waals surface area contributed by atoms with Crippen molar-refractivity contribution in [2.24, 2.45) is 0 Å². The molecule has 0 heterocycles. The van der Waals surface area contributed by atoms with Gasteiger partial charge in [0.25, 0.3) is 0 Å². The van der Waals surface area contributed by atoms with Crippen LogP contribution >= 0.6 is 0 Å². The maximum absolute atomic E-state index is 10.8. The van der Waals surface area contributed by atoms with Gasteiger partial charge < -0.3 is 9.90 Å². The number of hydrogen-bond acceptors (Lipinski definition) is 2. The van der Waals surface area contributed by atoms with Gasteiger partial charge >= 0.3 is 0 Å². The average Bonchev–Trinajstić information content (AvgIpc) is 2.89. The normalized spacial score (nSPS) is 10.9. The summed E-state index contributed by atoms with van der Waals surface area (Å²) in [4.78, 5) is 10.8. The summed E-state index contributed by atoms with van der Waals surface area (Å²) < 4.78 is 0. The van der Waals surface area contributed by atoms with Crippen molar-refractivity contribution in [3.05, 3.63) is 0 Å². The highest BCUT2D eigenvalue weighted by Gasteiger charge is 1.96. The Morgan fingerprint density at radius 3 is 0.811 bits per heavy atom. The second kappa shape index (κ2) is 37.8. The Bertz CT molecular complexity index is 379. The molecular weight excluding hydrogens is 452 g/mol. The Kier molecular flexibility index (Phi) is 39.6. The van der Waals surface area contributed by atoms with Crippen LogP contribution < -0.4 is 0 Å². The van der Waals surface area contributed by atoms with Crippen LogP contribution in [0.1, 0.15) is 213 Å². The number of aliphatic hydroxyl groups excluding tert-OH is 1. The van der Waals surface area contributed by atoms with E-state index in [0.717, 1.165) is 19.3 Å². The van der Waals surface area contributed by atoms with Gasteiger partial charge in [0.05, 0.1) is 0 Å². The number of rotatable bonds is 30. The molecule has 0 radical (unpaired) electrons. The summed E-state index contributed by atoms with van der Waals surface area (Å²) in [5.41, 5.74) is 0. The predicted molar refractivity (Wildman–Crippen MR) is 168 cm³/mol. The maximum Gasteiger partial charge on any atom is 0.129 e. The molecule has 0 aromatic heterocycles. The monoisotopic (exact) mass is 525 g/mol. The summed E-state index contributed by atoms with van der Waals surface area (Å²) in [5.74, 6) is 0.347. The largest absolute Gasteiger partial charge is 0.396 e. The Hall–Kier alpha value is -0.370. The molecule has 0 amide bonds. The van der Waals surface area contributed by atoms with Gasteiger partial charge in [0, 0.05) is 13.0 Å². The van der Waals surface area contributed by atoms with Crippen LogP contribution in [0, 0.1) is 0 Å². The summed E-state index contributed by atoms with van der Waals surface area (Å²) in [6.45, 7) is 6.63. The zero-order valence-corrected chi connectivity index (χ0v) is 26.3. The van der Waals surface area contributed by atoms with Crippen LogP contribution in [0.25, 0.3) is 0 Å². The van der Waals surface area contributed by atoms with Crippen LogP contribution in [0.3, 0.4) is 0 Å². The highest BCUT2D eigenvalue weighted by Crippen LogP contribution is 2.14. The molecule has 0 rings (SSSR count). The van der Waals surface area contributed by atoms with E-state index in [9.17, 15) is 4.79 Å². The third kappa shape index (κ3) is 43.0. The fourth-order valence-corrected chi connectivity index (χ4v) is 5.05. The molecule has 37 heavy (non-hydrogen) atoms. The summed E-state index contributed by atoms with van der Waals surface area (Å²) in [6, 6.07) is 0. The van der Waals surface area contributed by atoms with Gasteiger partial charge in [-0.15, -0.1) is 0 Å². The third-order valence-corrected chi connectivity index (χ3v) is 7.64. The van der Waals surface area contributed by atoms with Crippen molar-refractivity contribution in [3.8, 4) is 0 Å². The Morgan fingerprint density at radius 1 is 0.378 bits per heavy atom. The van der Waals surface area contributed by atoms with Gasteiger partial charge in [-0.3, -0.25) is 0 Å². The lowest BCUT2D eigenvalue weighted by molar-refractivity contribution is -0.117. The molecule has 0 bridgehead atoms. The first-order chi connectivity index (χ1) is 18.2. The van der Waals surface area contributed by atoms with E-state index in [4.69, 9.17) is 5.11 Å². The topological polar surface area (TPSA) is 37.3 Å². The van der Waals surface area contributed by atoms with Gasteiger partial charge in [0.2, 0.25) is 0 Å². The molecule has 1 N–H and O–H groups in total. The summed E-state index contributed by atoms with van der Waals surface area (Å²) in [7, 11) is 0. The lowest BCUT2D eigenvalue weighted by Gasteiger charge is -2.03. The number of carbonyl (C=O) groups is 1. The minimum atomic E-state index is 0.347. The fourth-order valence-electron chi connectivity index (χ4n) is 5.05. The minimum Gasteiger partial charge on any atom is -0.396 e. The smallest absolute Gasteiger partial charge is 0.129 e. The van der Waals surface area contributed by atoms with Crippen LogP contribution in [0.2, 0.25) is 0 Å². The fraction of sp³-hybridized carbons (Fsp3) is 0.971. The second-order valence-corrected chi connectivity index (χ2v) is 11.7. The molecule has 0 saturated carbocycles. The Morgan fingerprint density at radius 2 is 0.595 bits per heavy atom. The van der Waals surface area contributed by atoms with Crippen LogP contribution in [-0.4, -0.2) is 17.5 Å². The zero-order valence-electron chi connectivity index (χ0n) is 26.3. The van der Waals surface area contributed by atoms with Crippen LogP contribution in [0.4, 0.5) is 0 Å². The van der Waals surface area contributed by atoms with E-state index in [0.29, 0.717) is 12.4 Å². The number of hydrogen-bond donors (Lipinski definition) is 1. The molecule has 224 valence electrons. The molecule has 0 spiro atoms. The van der Waals surface area contributed by atoms with Crippen molar-refractivity contribution < 1.29 is 9.90 Å². The van der Waals surface area contributed by atoms with Gasteiger partial charge in [-0.2, -0.15) is 0 Å². The molecule has 0 aromatic carbocycles. The van der Waals surface area contributed by atoms with Gasteiger partial charge in [-0.25, -0.2) is 0 Å². The molecule has 2 heteroatoms. The summed E-state index contributed by atoms with van der Waals surface area (Å²) >= 11 is 0. The van der Waals surface area contributed by atoms with E-state index in [1.807, 2.05) is 0 Å². The van der Waals surface area contributed by atoms with E-state index >= 15 is 0 Å². The molecule has 0 aliphatic carbocycles. The summed E-state index contributed by atoms with van der Waals surface area (Å²) in [5, 5.41) is 8.64. The van der Waals surface area contributed by atoms with Gasteiger partial charge in [0.15, 0.2) is 0 Å². The molecule has 0 aliphatic rings. The number of Topliss-reactive ketones (excluding diaryl/α,β-unsaturated/α-hetero) is 1. The molecule has 0 fully saturated rings. The van der Waals surface area contributed by atoms with E-state index in [1.54, 1.807) is 6.92 Å². The SMILES string of the molecule is CCCCCCCCCCCCCCCCCC(C)=O.CCCCCCCCCCCCCCCCO. The highest BCUT2D eigenvalue weighted by atomic mass is 16.2. The van der Waals surface area contributed by atoms with E-state index < -0.39 is 0 Å². The lowest BCUT2D eigenvalue weighted by Crippen LogP contribution is -1.89. The first-order valence-electron chi connectivity index (χ1n) is 17.3. The predicted octanol–water partition coefficient (Wildman–Crippen LogP) is 12.3. The quantitative estimate of drug-likeness (QED) is 0.0948. The highest BCUT2D eigenvalue weighted by molar-refractivity contribution is 5.75. The molecule has 0 aromatic rings. The van der Waals surface area contributed by atoms with E-state index in [1.165, 1.54) is 173 Å². The van der Waals surface area contributed by atoms with E-state index in [-0.39, 0.29) is 0 Å². The van der Waals surface area contributed by atoms with Crippen molar-refractivity contribution in [1.82, 2.24) is 0 Å². The van der Waals surface area contributed by atoms with Crippen molar-refractivity contribution in [1.29, 1.82) is 0 Å². The van der Waals surface area contributed by atoms with Crippen molar-refractivity contribution in [2.45, 2.75) is 213 Å². The van der Waals surface area contributed by atoms with Crippen LogP contribution in [0.5, 0.6) is 0 Å². The Balaban J connectivity index is 0. The maximum atomic E-state index is 10.8. The molecule has 0 atom stereocenters. The molecule has 0 saturated heterocycles. The molecule has 2 nitrogen and oxygen atoms in total. The number of carbonyl (C=O) groups excluding carboxylic acids is 1. The number of aliphatic hydroxyl groups is 1.